The second kappa shape index (κ2) is 4.67. The van der Waals surface area contributed by atoms with Gasteiger partial charge in [-0.05, 0) is 23.8 Å². The molecule has 10 heteroatoms. The van der Waals surface area contributed by atoms with E-state index in [9.17, 15) is 34.8 Å². The molecule has 3 nitrogen and oxygen atoms in total. The molecule has 1 aromatic rings. The maximum atomic E-state index is 12.5. The van der Waals surface area contributed by atoms with Gasteiger partial charge in [0.15, 0.2) is 0 Å². The molecular weight excluding hydrogens is 302 g/mol. The molecule has 0 unspecified atom stereocenters. The highest BCUT2D eigenvalue weighted by Crippen LogP contribution is 2.37. The number of hydrogen-bond donors (Lipinski definition) is 1. The first-order valence-corrected chi connectivity index (χ1v) is 6.14. The van der Waals surface area contributed by atoms with Gasteiger partial charge in [0.05, 0.1) is 11.1 Å². The summed E-state index contributed by atoms with van der Waals surface area (Å²) in [5, 5.41) is 0. The molecule has 0 atom stereocenters. The zero-order chi connectivity index (χ0) is 15.1. The van der Waals surface area contributed by atoms with Gasteiger partial charge in [0, 0.05) is 0 Å². The van der Waals surface area contributed by atoms with Crippen LogP contribution in [-0.2, 0) is 28.2 Å². The van der Waals surface area contributed by atoms with Gasteiger partial charge >= 0.3 is 12.4 Å². The van der Waals surface area contributed by atoms with E-state index in [4.69, 9.17) is 4.55 Å². The SMILES string of the molecule is O=S(=O)(O)Cc1cc(C(F)(F)F)ccc1C(F)(F)F. The van der Waals surface area contributed by atoms with E-state index >= 15 is 0 Å². The average molecular weight is 308 g/mol. The Labute approximate surface area is 103 Å². The summed E-state index contributed by atoms with van der Waals surface area (Å²) in [6, 6.07) is 0.371. The predicted octanol–water partition coefficient (Wildman–Crippen LogP) is 3.11. The molecule has 0 radical (unpaired) electrons. The van der Waals surface area contributed by atoms with Crippen LogP contribution < -0.4 is 0 Å². The van der Waals surface area contributed by atoms with Gasteiger partial charge in [0.1, 0.15) is 5.75 Å². The van der Waals surface area contributed by atoms with Crippen LogP contribution in [0, 0.1) is 0 Å². The lowest BCUT2D eigenvalue weighted by atomic mass is 10.0. The first-order valence-electron chi connectivity index (χ1n) is 4.53. The Hall–Kier alpha value is -1.29. The molecule has 1 N–H and O–H groups in total. The smallest absolute Gasteiger partial charge is 0.285 e. The van der Waals surface area contributed by atoms with Crippen molar-refractivity contribution in [3.63, 3.8) is 0 Å². The first-order chi connectivity index (χ1) is 8.31. The zero-order valence-electron chi connectivity index (χ0n) is 8.88. The summed E-state index contributed by atoms with van der Waals surface area (Å²) in [7, 11) is -4.89. The van der Waals surface area contributed by atoms with Crippen LogP contribution in [0.15, 0.2) is 18.2 Å². The fourth-order valence-corrected chi connectivity index (χ4v) is 1.99. The Morgan fingerprint density at radius 1 is 1.00 bits per heavy atom. The van der Waals surface area contributed by atoms with Gasteiger partial charge < -0.3 is 0 Å². The molecule has 0 amide bonds. The van der Waals surface area contributed by atoms with E-state index in [1.165, 1.54) is 0 Å². The Kier molecular flexibility index (Phi) is 3.88. The van der Waals surface area contributed by atoms with E-state index in [2.05, 4.69) is 0 Å². The fraction of sp³-hybridized carbons (Fsp3) is 0.333. The van der Waals surface area contributed by atoms with Gasteiger partial charge in [-0.1, -0.05) is 0 Å². The largest absolute Gasteiger partial charge is 0.416 e. The lowest BCUT2D eigenvalue weighted by molar-refractivity contribution is -0.141. The van der Waals surface area contributed by atoms with Gasteiger partial charge in [-0.2, -0.15) is 34.8 Å². The summed E-state index contributed by atoms with van der Waals surface area (Å²) in [6.07, 6.45) is -9.94. The predicted molar refractivity (Wildman–Crippen MR) is 51.7 cm³/mol. The molecule has 0 spiro atoms. The summed E-state index contributed by atoms with van der Waals surface area (Å²) in [5.41, 5.74) is -4.14. The van der Waals surface area contributed by atoms with Crippen LogP contribution in [0.2, 0.25) is 0 Å². The number of rotatable bonds is 2. The molecule has 0 saturated carbocycles. The maximum absolute atomic E-state index is 12.5. The topological polar surface area (TPSA) is 54.4 Å². The Morgan fingerprint density at radius 3 is 1.89 bits per heavy atom. The van der Waals surface area contributed by atoms with Crippen LogP contribution in [0.5, 0.6) is 0 Å². The summed E-state index contributed by atoms with van der Waals surface area (Å²) in [5.74, 6) is -1.55. The lowest BCUT2D eigenvalue weighted by Gasteiger charge is -2.14. The number of alkyl halides is 6. The zero-order valence-corrected chi connectivity index (χ0v) is 9.70. The lowest BCUT2D eigenvalue weighted by Crippen LogP contribution is -2.15. The molecule has 0 aliphatic carbocycles. The normalized spacial score (nSPS) is 13.6. The highest BCUT2D eigenvalue weighted by Gasteiger charge is 2.37. The van der Waals surface area contributed by atoms with Crippen LogP contribution >= 0.6 is 0 Å². The van der Waals surface area contributed by atoms with Crippen molar-refractivity contribution in [1.82, 2.24) is 0 Å². The third kappa shape index (κ3) is 4.39. The molecule has 0 aromatic heterocycles. The molecule has 1 rings (SSSR count). The first kappa shape index (κ1) is 15.8. The van der Waals surface area contributed by atoms with Gasteiger partial charge in [0.2, 0.25) is 0 Å². The maximum Gasteiger partial charge on any atom is 0.416 e. The van der Waals surface area contributed by atoms with Crippen molar-refractivity contribution in [3.05, 3.63) is 34.9 Å². The van der Waals surface area contributed by atoms with Crippen LogP contribution in [0.3, 0.4) is 0 Å². The highest BCUT2D eigenvalue weighted by atomic mass is 32.2. The van der Waals surface area contributed by atoms with Crippen molar-refractivity contribution in [3.8, 4) is 0 Å². The monoisotopic (exact) mass is 308 g/mol. The number of hydrogen-bond acceptors (Lipinski definition) is 2. The quantitative estimate of drug-likeness (QED) is 0.674. The molecule has 0 heterocycles. The summed E-state index contributed by atoms with van der Waals surface area (Å²) < 4.78 is 104. The van der Waals surface area contributed by atoms with Gasteiger partial charge in [-0.15, -0.1) is 0 Å². The molecular formula is C9H6F6O3S. The van der Waals surface area contributed by atoms with Crippen LogP contribution in [0.25, 0.3) is 0 Å². The van der Waals surface area contributed by atoms with Gasteiger partial charge in [0.25, 0.3) is 10.1 Å². The minimum atomic E-state index is -5.02. The summed E-state index contributed by atoms with van der Waals surface area (Å²) >= 11 is 0. The van der Waals surface area contributed by atoms with Crippen molar-refractivity contribution in [2.75, 3.05) is 0 Å². The molecule has 0 bridgehead atoms. The Morgan fingerprint density at radius 2 is 1.53 bits per heavy atom. The van der Waals surface area contributed by atoms with E-state index in [1.807, 2.05) is 0 Å². The van der Waals surface area contributed by atoms with Crippen LogP contribution in [0.4, 0.5) is 26.3 Å². The van der Waals surface area contributed by atoms with Gasteiger partial charge in [-0.3, -0.25) is 4.55 Å². The van der Waals surface area contributed by atoms with Crippen molar-refractivity contribution in [2.45, 2.75) is 18.1 Å². The van der Waals surface area contributed by atoms with Crippen molar-refractivity contribution in [1.29, 1.82) is 0 Å². The standard InChI is InChI=1S/C9H6F6O3S/c10-8(11,12)6-1-2-7(9(13,14)15)5(3-6)4-19(16,17)18/h1-3H,4H2,(H,16,17,18). The summed E-state index contributed by atoms with van der Waals surface area (Å²) in [4.78, 5) is 0. The highest BCUT2D eigenvalue weighted by molar-refractivity contribution is 7.85. The molecule has 0 aliphatic heterocycles. The molecule has 19 heavy (non-hydrogen) atoms. The molecule has 0 fully saturated rings. The molecule has 0 saturated heterocycles. The molecule has 0 aliphatic rings. The minimum absolute atomic E-state index is 0.0522. The van der Waals surface area contributed by atoms with Crippen molar-refractivity contribution >= 4 is 10.1 Å². The van der Waals surface area contributed by atoms with Crippen LogP contribution in [-0.4, -0.2) is 13.0 Å². The molecule has 1 aromatic carbocycles. The third-order valence-electron chi connectivity index (χ3n) is 2.08. The van der Waals surface area contributed by atoms with E-state index in [0.29, 0.717) is 0 Å². The third-order valence-corrected chi connectivity index (χ3v) is 2.75. The van der Waals surface area contributed by atoms with Crippen molar-refractivity contribution < 1.29 is 39.3 Å². The Balaban J connectivity index is 3.44. The number of halogens is 6. The van der Waals surface area contributed by atoms with Crippen molar-refractivity contribution in [2.24, 2.45) is 0 Å². The number of benzene rings is 1. The Bertz CT molecular complexity index is 573. The van der Waals surface area contributed by atoms with E-state index in [-0.39, 0.29) is 18.2 Å². The second-order valence-electron chi connectivity index (χ2n) is 3.59. The van der Waals surface area contributed by atoms with Gasteiger partial charge in [-0.25, -0.2) is 0 Å². The molecule has 108 valence electrons. The van der Waals surface area contributed by atoms with E-state index in [0.717, 1.165) is 0 Å². The average Bonchev–Trinajstić information content (AvgIpc) is 2.11. The van der Waals surface area contributed by atoms with Crippen LogP contribution in [0.1, 0.15) is 16.7 Å². The summed E-state index contributed by atoms with van der Waals surface area (Å²) in [6.45, 7) is 0. The fourth-order valence-electron chi connectivity index (χ4n) is 1.36. The minimum Gasteiger partial charge on any atom is -0.285 e. The van der Waals surface area contributed by atoms with E-state index < -0.39 is 44.9 Å². The second-order valence-corrected chi connectivity index (χ2v) is 5.05. The van der Waals surface area contributed by atoms with E-state index in [1.54, 1.807) is 0 Å².